The van der Waals surface area contributed by atoms with Crippen LogP contribution in [-0.2, 0) is 24.3 Å². The van der Waals surface area contributed by atoms with Crippen molar-refractivity contribution in [1.82, 2.24) is 25.7 Å². The SMILES string of the molecule is O=C(NOC[C@H]1C[C@@H](CN2CCCC2)CN1)[C@@H]1CC[C@@H]2CN1C(=O)N2OS(=O)(=O)O. The van der Waals surface area contributed by atoms with E-state index in [0.717, 1.165) is 19.5 Å². The number of likely N-dealkylation sites (tertiary alicyclic amines) is 1. The lowest BCUT2D eigenvalue weighted by Gasteiger charge is -2.29. The van der Waals surface area contributed by atoms with Crippen molar-refractivity contribution < 1.29 is 31.7 Å². The average Bonchev–Trinajstić information content (AvgIpc) is 3.40. The fraction of sp³-hybridized carbons (Fsp3) is 0.882. The smallest absolute Gasteiger partial charge is 0.311 e. The number of nitrogens with zero attached hydrogens (tertiary/aromatic N) is 3. The Morgan fingerprint density at radius 2 is 2.03 bits per heavy atom. The van der Waals surface area contributed by atoms with Gasteiger partial charge in [-0.2, -0.15) is 13.5 Å². The molecule has 0 radical (unpaired) electrons. The Morgan fingerprint density at radius 1 is 1.27 bits per heavy atom. The molecule has 0 saturated carbocycles. The van der Waals surface area contributed by atoms with Crippen molar-refractivity contribution in [3.05, 3.63) is 0 Å². The number of rotatable bonds is 8. The summed E-state index contributed by atoms with van der Waals surface area (Å²) in [5, 5.41) is 4.04. The topological polar surface area (TPSA) is 141 Å². The number of amides is 3. The molecule has 13 heteroatoms. The second-order valence-electron chi connectivity index (χ2n) is 8.50. The highest BCUT2D eigenvalue weighted by Crippen LogP contribution is 2.30. The minimum absolute atomic E-state index is 0.148. The van der Waals surface area contributed by atoms with E-state index in [1.807, 2.05) is 0 Å². The summed E-state index contributed by atoms with van der Waals surface area (Å²) in [6.07, 6.45) is 4.26. The summed E-state index contributed by atoms with van der Waals surface area (Å²) in [6.45, 7) is 4.88. The molecule has 0 aliphatic carbocycles. The maximum Gasteiger partial charge on any atom is 0.418 e. The monoisotopic (exact) mass is 447 g/mol. The van der Waals surface area contributed by atoms with E-state index in [-0.39, 0.29) is 12.6 Å². The first-order valence-electron chi connectivity index (χ1n) is 10.4. The van der Waals surface area contributed by atoms with Crippen LogP contribution in [0, 0.1) is 5.92 Å². The normalized spacial score (nSPS) is 32.2. The van der Waals surface area contributed by atoms with E-state index in [2.05, 4.69) is 20.0 Å². The molecule has 2 bridgehead atoms. The molecule has 4 fully saturated rings. The van der Waals surface area contributed by atoms with Crippen LogP contribution in [0.25, 0.3) is 0 Å². The Morgan fingerprint density at radius 3 is 2.77 bits per heavy atom. The Balaban J connectivity index is 1.20. The van der Waals surface area contributed by atoms with E-state index in [1.165, 1.54) is 30.8 Å². The first kappa shape index (κ1) is 21.7. The van der Waals surface area contributed by atoms with Crippen LogP contribution in [-0.4, -0.2) is 97.2 Å². The summed E-state index contributed by atoms with van der Waals surface area (Å²) < 4.78 is 35.1. The maximum atomic E-state index is 12.5. The van der Waals surface area contributed by atoms with Gasteiger partial charge in [0.2, 0.25) is 0 Å². The van der Waals surface area contributed by atoms with Gasteiger partial charge in [-0.15, -0.1) is 4.28 Å². The second kappa shape index (κ2) is 8.93. The predicted octanol–water partition coefficient (Wildman–Crippen LogP) is -0.889. The number of fused-ring (bicyclic) bond motifs is 2. The number of piperidine rings is 1. The molecule has 4 atom stereocenters. The summed E-state index contributed by atoms with van der Waals surface area (Å²) in [5.41, 5.74) is 2.42. The number of urea groups is 1. The third-order valence-electron chi connectivity index (χ3n) is 6.29. The van der Waals surface area contributed by atoms with Crippen molar-refractivity contribution in [2.24, 2.45) is 5.92 Å². The van der Waals surface area contributed by atoms with E-state index in [1.54, 1.807) is 0 Å². The molecular weight excluding hydrogens is 418 g/mol. The Kier molecular flexibility index (Phi) is 6.46. The molecule has 4 heterocycles. The Hall–Kier alpha value is -1.51. The maximum absolute atomic E-state index is 12.5. The average molecular weight is 448 g/mol. The van der Waals surface area contributed by atoms with Gasteiger partial charge in [-0.05, 0) is 57.7 Å². The number of hydroxylamine groups is 3. The number of hydrogen-bond acceptors (Lipinski definition) is 8. The zero-order valence-electron chi connectivity index (χ0n) is 16.7. The van der Waals surface area contributed by atoms with Crippen LogP contribution in [0.4, 0.5) is 4.79 Å². The molecule has 4 aliphatic rings. The molecule has 12 nitrogen and oxygen atoms in total. The van der Waals surface area contributed by atoms with Crippen LogP contribution in [0.5, 0.6) is 0 Å². The first-order chi connectivity index (χ1) is 14.3. The molecule has 0 aromatic carbocycles. The number of nitrogens with one attached hydrogen (secondary N) is 2. The Bertz CT molecular complexity index is 760. The lowest BCUT2D eigenvalue weighted by molar-refractivity contribution is -0.139. The van der Waals surface area contributed by atoms with E-state index in [0.29, 0.717) is 30.4 Å². The molecule has 3 amide bonds. The van der Waals surface area contributed by atoms with Gasteiger partial charge in [-0.3, -0.25) is 14.2 Å². The number of carbonyl (C=O) groups is 2. The predicted molar refractivity (Wildman–Crippen MR) is 103 cm³/mol. The van der Waals surface area contributed by atoms with E-state index in [9.17, 15) is 18.0 Å². The molecule has 3 N–H and O–H groups in total. The molecule has 0 spiro atoms. The molecule has 0 unspecified atom stereocenters. The van der Waals surface area contributed by atoms with Crippen LogP contribution < -0.4 is 10.8 Å². The quantitative estimate of drug-likeness (QED) is 0.319. The highest BCUT2D eigenvalue weighted by atomic mass is 32.3. The van der Waals surface area contributed by atoms with E-state index < -0.39 is 34.4 Å². The van der Waals surface area contributed by atoms with Gasteiger partial charge >= 0.3 is 16.4 Å². The molecule has 4 rings (SSSR count). The van der Waals surface area contributed by atoms with Gasteiger partial charge in [-0.1, -0.05) is 0 Å². The van der Waals surface area contributed by atoms with Crippen LogP contribution in [0.3, 0.4) is 0 Å². The number of hydrogen-bond donors (Lipinski definition) is 3. The summed E-state index contributed by atoms with van der Waals surface area (Å²) in [4.78, 5) is 34.0. The summed E-state index contributed by atoms with van der Waals surface area (Å²) in [7, 11) is -4.81. The summed E-state index contributed by atoms with van der Waals surface area (Å²) in [6, 6.07) is -1.90. The lowest BCUT2D eigenvalue weighted by atomic mass is 10.0. The van der Waals surface area contributed by atoms with Crippen molar-refractivity contribution in [2.45, 2.75) is 50.2 Å². The highest BCUT2D eigenvalue weighted by molar-refractivity contribution is 7.80. The van der Waals surface area contributed by atoms with Gasteiger partial charge < -0.3 is 15.1 Å². The molecule has 0 aromatic rings. The zero-order chi connectivity index (χ0) is 21.3. The summed E-state index contributed by atoms with van der Waals surface area (Å²) in [5.74, 6) is 0.126. The minimum Gasteiger partial charge on any atom is -0.311 e. The largest absolute Gasteiger partial charge is 0.418 e. The minimum atomic E-state index is -4.81. The fourth-order valence-electron chi connectivity index (χ4n) is 4.88. The van der Waals surface area contributed by atoms with Gasteiger partial charge in [0.15, 0.2) is 0 Å². The van der Waals surface area contributed by atoms with Gasteiger partial charge in [0.1, 0.15) is 6.04 Å². The standard InChI is InChI=1S/C17H29N5O7S/c23-16(15-4-3-14-10-21(15)17(24)22(14)29-30(25,26)27)19-28-11-13-7-12(8-18-13)9-20-5-1-2-6-20/h12-15,18H,1-11H2,(H,19,23)(H,25,26,27)/t12-,13-,14-,15+/m1/s1. The fourth-order valence-corrected chi connectivity index (χ4v) is 5.27. The summed E-state index contributed by atoms with van der Waals surface area (Å²) >= 11 is 0. The van der Waals surface area contributed by atoms with E-state index in [4.69, 9.17) is 9.39 Å². The van der Waals surface area contributed by atoms with Gasteiger partial charge in [0, 0.05) is 19.1 Å². The van der Waals surface area contributed by atoms with Crippen LogP contribution in [0.1, 0.15) is 32.1 Å². The second-order valence-corrected chi connectivity index (χ2v) is 9.51. The van der Waals surface area contributed by atoms with Crippen molar-refractivity contribution in [1.29, 1.82) is 0 Å². The van der Waals surface area contributed by atoms with Gasteiger partial charge in [-0.25, -0.2) is 10.3 Å². The molecular formula is C17H29N5O7S. The van der Waals surface area contributed by atoms with E-state index >= 15 is 0 Å². The molecule has 0 aromatic heterocycles. The van der Waals surface area contributed by atoms with Crippen LogP contribution in [0.15, 0.2) is 0 Å². The third kappa shape index (κ3) is 5.03. The van der Waals surface area contributed by atoms with Gasteiger partial charge in [0.05, 0.1) is 12.6 Å². The molecule has 4 aliphatic heterocycles. The Labute approximate surface area is 175 Å². The van der Waals surface area contributed by atoms with Crippen molar-refractivity contribution >= 4 is 22.3 Å². The van der Waals surface area contributed by atoms with Crippen molar-refractivity contribution in [2.75, 3.05) is 39.3 Å². The highest BCUT2D eigenvalue weighted by Gasteiger charge is 2.49. The van der Waals surface area contributed by atoms with Crippen molar-refractivity contribution in [3.63, 3.8) is 0 Å². The molecule has 170 valence electrons. The number of carbonyl (C=O) groups excluding carboxylic acids is 2. The van der Waals surface area contributed by atoms with Gasteiger partial charge in [0.25, 0.3) is 5.91 Å². The van der Waals surface area contributed by atoms with Crippen LogP contribution in [0.2, 0.25) is 0 Å². The zero-order valence-corrected chi connectivity index (χ0v) is 17.6. The van der Waals surface area contributed by atoms with Crippen molar-refractivity contribution in [3.8, 4) is 0 Å². The lowest BCUT2D eigenvalue weighted by Crippen LogP contribution is -2.50. The molecule has 4 saturated heterocycles. The molecule has 30 heavy (non-hydrogen) atoms. The first-order valence-corrected chi connectivity index (χ1v) is 11.8. The van der Waals surface area contributed by atoms with Crippen LogP contribution >= 0.6 is 0 Å². The third-order valence-corrected chi connectivity index (χ3v) is 6.63.